The zero-order chi connectivity index (χ0) is 18.4. The molecule has 0 radical (unpaired) electrons. The first-order valence-electron chi connectivity index (χ1n) is 8.25. The van der Waals surface area contributed by atoms with E-state index in [1.54, 1.807) is 29.9 Å². The SMILES string of the molecule is CCn1c(SC)nnc1C(Cc1cccnc1)NSc1ccc(Cl)cc1. The molecule has 0 aliphatic carbocycles. The van der Waals surface area contributed by atoms with Crippen LogP contribution < -0.4 is 4.72 Å². The van der Waals surface area contributed by atoms with Gasteiger partial charge < -0.3 is 4.57 Å². The summed E-state index contributed by atoms with van der Waals surface area (Å²) in [6.45, 7) is 2.94. The second kappa shape index (κ2) is 9.41. The van der Waals surface area contributed by atoms with Gasteiger partial charge in [0.15, 0.2) is 11.0 Å². The third-order valence-corrected chi connectivity index (χ3v) is 5.68. The number of thioether (sulfide) groups is 1. The van der Waals surface area contributed by atoms with E-state index in [4.69, 9.17) is 11.6 Å². The summed E-state index contributed by atoms with van der Waals surface area (Å²) in [4.78, 5) is 5.32. The van der Waals surface area contributed by atoms with Gasteiger partial charge in [0.25, 0.3) is 0 Å². The molecule has 0 saturated carbocycles. The van der Waals surface area contributed by atoms with E-state index in [9.17, 15) is 0 Å². The Balaban J connectivity index is 1.83. The van der Waals surface area contributed by atoms with Gasteiger partial charge in [0, 0.05) is 28.9 Å². The fraction of sp³-hybridized carbons (Fsp3) is 0.278. The zero-order valence-corrected chi connectivity index (χ0v) is 17.0. The number of aromatic nitrogens is 4. The number of halogens is 1. The monoisotopic (exact) mass is 405 g/mol. The summed E-state index contributed by atoms with van der Waals surface area (Å²) < 4.78 is 5.70. The maximum absolute atomic E-state index is 5.98. The molecule has 3 rings (SSSR count). The largest absolute Gasteiger partial charge is 0.305 e. The van der Waals surface area contributed by atoms with Crippen LogP contribution in [0, 0.1) is 0 Å². The Bertz CT molecular complexity index is 823. The first kappa shape index (κ1) is 19.2. The molecule has 0 aliphatic heterocycles. The number of rotatable bonds is 8. The van der Waals surface area contributed by atoms with Gasteiger partial charge in [-0.2, -0.15) is 0 Å². The molecule has 2 aromatic heterocycles. The minimum Gasteiger partial charge on any atom is -0.305 e. The molecule has 0 aliphatic rings. The third-order valence-electron chi connectivity index (χ3n) is 3.85. The molecule has 1 atom stereocenters. The lowest BCUT2D eigenvalue weighted by Crippen LogP contribution is -2.21. The van der Waals surface area contributed by atoms with E-state index in [2.05, 4.69) is 37.5 Å². The molecule has 1 N–H and O–H groups in total. The highest BCUT2D eigenvalue weighted by Gasteiger charge is 2.21. The first-order valence-corrected chi connectivity index (χ1v) is 10.7. The number of pyridine rings is 1. The molecular formula is C18H20ClN5S2. The predicted molar refractivity (Wildman–Crippen MR) is 109 cm³/mol. The van der Waals surface area contributed by atoms with E-state index in [-0.39, 0.29) is 6.04 Å². The van der Waals surface area contributed by atoms with Crippen molar-refractivity contribution in [2.24, 2.45) is 0 Å². The highest BCUT2D eigenvalue weighted by molar-refractivity contribution is 7.98. The Morgan fingerprint density at radius 3 is 2.65 bits per heavy atom. The summed E-state index contributed by atoms with van der Waals surface area (Å²) >= 11 is 9.15. The maximum Gasteiger partial charge on any atom is 0.190 e. The van der Waals surface area contributed by atoms with Gasteiger partial charge in [-0.05, 0) is 67.4 Å². The average molecular weight is 406 g/mol. The van der Waals surface area contributed by atoms with Crippen LogP contribution in [0.15, 0.2) is 58.8 Å². The minimum atomic E-state index is 0.00762. The van der Waals surface area contributed by atoms with E-state index in [0.29, 0.717) is 0 Å². The van der Waals surface area contributed by atoms with Crippen LogP contribution in [0.25, 0.3) is 0 Å². The standard InChI is InChI=1S/C18H20ClN5S2/c1-3-24-17(21-22-18(24)25-2)16(11-13-5-4-10-20-12-13)23-26-15-8-6-14(19)7-9-15/h4-10,12,16,23H,3,11H2,1-2H3. The van der Waals surface area contributed by atoms with E-state index in [1.165, 1.54) is 0 Å². The topological polar surface area (TPSA) is 55.6 Å². The molecule has 0 saturated heterocycles. The van der Waals surface area contributed by atoms with Crippen LogP contribution in [0.1, 0.15) is 24.4 Å². The fourth-order valence-electron chi connectivity index (χ4n) is 2.59. The minimum absolute atomic E-state index is 0.00762. The van der Waals surface area contributed by atoms with Crippen molar-refractivity contribution < 1.29 is 0 Å². The van der Waals surface area contributed by atoms with Gasteiger partial charge in [-0.1, -0.05) is 29.4 Å². The van der Waals surface area contributed by atoms with Gasteiger partial charge in [-0.15, -0.1) is 10.2 Å². The molecule has 1 aromatic carbocycles. The predicted octanol–water partition coefficient (Wildman–Crippen LogP) is 4.65. The van der Waals surface area contributed by atoms with Crippen molar-refractivity contribution in [3.8, 4) is 0 Å². The smallest absolute Gasteiger partial charge is 0.190 e. The lowest BCUT2D eigenvalue weighted by molar-refractivity contribution is 0.553. The summed E-state index contributed by atoms with van der Waals surface area (Å²) in [7, 11) is 0. The summed E-state index contributed by atoms with van der Waals surface area (Å²) in [6, 6.07) is 11.8. The summed E-state index contributed by atoms with van der Waals surface area (Å²) in [5, 5.41) is 10.4. The Morgan fingerprint density at radius 1 is 1.19 bits per heavy atom. The molecule has 3 aromatic rings. The summed E-state index contributed by atoms with van der Waals surface area (Å²) in [5.41, 5.74) is 1.15. The zero-order valence-electron chi connectivity index (χ0n) is 14.6. The van der Waals surface area contributed by atoms with Gasteiger partial charge in [-0.25, -0.2) is 4.72 Å². The van der Waals surface area contributed by atoms with Gasteiger partial charge in [0.1, 0.15) is 0 Å². The molecule has 0 spiro atoms. The number of nitrogens with one attached hydrogen (secondary N) is 1. The fourth-order valence-corrected chi connectivity index (χ4v) is 4.02. The van der Waals surface area contributed by atoms with Crippen molar-refractivity contribution in [1.29, 1.82) is 0 Å². The van der Waals surface area contributed by atoms with Crippen LogP contribution in [0.5, 0.6) is 0 Å². The number of hydrogen-bond acceptors (Lipinski definition) is 6. The Hall–Kier alpha value is -1.54. The Morgan fingerprint density at radius 2 is 2.00 bits per heavy atom. The molecule has 8 heteroatoms. The molecule has 0 bridgehead atoms. The van der Waals surface area contributed by atoms with Crippen LogP contribution >= 0.6 is 35.3 Å². The number of nitrogens with zero attached hydrogens (tertiary/aromatic N) is 4. The lowest BCUT2D eigenvalue weighted by atomic mass is 10.1. The summed E-state index contributed by atoms with van der Waals surface area (Å²) in [5.74, 6) is 0.933. The molecule has 5 nitrogen and oxygen atoms in total. The van der Waals surface area contributed by atoms with Crippen LogP contribution in [-0.2, 0) is 13.0 Å². The Labute approximate surface area is 167 Å². The average Bonchev–Trinajstić information content (AvgIpc) is 3.10. The van der Waals surface area contributed by atoms with Crippen molar-refractivity contribution in [1.82, 2.24) is 24.5 Å². The van der Waals surface area contributed by atoms with Crippen molar-refractivity contribution in [3.63, 3.8) is 0 Å². The van der Waals surface area contributed by atoms with E-state index in [1.807, 2.05) is 42.8 Å². The second-order valence-electron chi connectivity index (χ2n) is 5.58. The normalized spacial score (nSPS) is 12.3. The quantitative estimate of drug-likeness (QED) is 0.435. The maximum atomic E-state index is 5.98. The van der Waals surface area contributed by atoms with Gasteiger partial charge in [0.2, 0.25) is 0 Å². The molecule has 0 amide bonds. The van der Waals surface area contributed by atoms with Crippen molar-refractivity contribution in [2.45, 2.75) is 36.0 Å². The van der Waals surface area contributed by atoms with Crippen LogP contribution in [0.4, 0.5) is 0 Å². The van der Waals surface area contributed by atoms with E-state index in [0.717, 1.165) is 39.4 Å². The van der Waals surface area contributed by atoms with Gasteiger partial charge >= 0.3 is 0 Å². The highest BCUT2D eigenvalue weighted by atomic mass is 35.5. The number of hydrogen-bond donors (Lipinski definition) is 1. The lowest BCUT2D eigenvalue weighted by Gasteiger charge is -2.18. The van der Waals surface area contributed by atoms with Gasteiger partial charge in [0.05, 0.1) is 6.04 Å². The number of benzene rings is 1. The van der Waals surface area contributed by atoms with E-state index >= 15 is 0 Å². The van der Waals surface area contributed by atoms with Crippen molar-refractivity contribution >= 4 is 35.3 Å². The van der Waals surface area contributed by atoms with Crippen LogP contribution in [0.3, 0.4) is 0 Å². The molecule has 136 valence electrons. The molecular weight excluding hydrogens is 386 g/mol. The summed E-state index contributed by atoms with van der Waals surface area (Å²) in [6.07, 6.45) is 6.48. The third kappa shape index (κ3) is 4.79. The van der Waals surface area contributed by atoms with Crippen molar-refractivity contribution in [3.05, 3.63) is 65.2 Å². The second-order valence-corrected chi connectivity index (χ2v) is 7.70. The van der Waals surface area contributed by atoms with Crippen LogP contribution in [-0.4, -0.2) is 26.0 Å². The molecule has 26 heavy (non-hydrogen) atoms. The van der Waals surface area contributed by atoms with Gasteiger partial charge in [-0.3, -0.25) is 4.98 Å². The van der Waals surface area contributed by atoms with E-state index < -0.39 is 0 Å². The molecule has 2 heterocycles. The molecule has 0 fully saturated rings. The molecule has 1 unspecified atom stereocenters. The first-order chi connectivity index (χ1) is 12.7. The van der Waals surface area contributed by atoms with Crippen molar-refractivity contribution in [2.75, 3.05) is 6.26 Å². The van der Waals surface area contributed by atoms with Crippen LogP contribution in [0.2, 0.25) is 5.02 Å². The Kier molecular flexibility index (Phi) is 6.96. The highest BCUT2D eigenvalue weighted by Crippen LogP contribution is 2.26.